The topological polar surface area (TPSA) is 78.4 Å². The summed E-state index contributed by atoms with van der Waals surface area (Å²) in [5.41, 5.74) is 2.36. The zero-order valence-corrected chi connectivity index (χ0v) is 13.2. The van der Waals surface area contributed by atoms with E-state index >= 15 is 0 Å². The Morgan fingerprint density at radius 1 is 1.33 bits per heavy atom. The number of rotatable bonds is 8. The van der Waals surface area contributed by atoms with Crippen molar-refractivity contribution in [3.05, 3.63) is 35.4 Å². The standard InChI is InChI=1S/C15H22N2O3S/c1-11-5-3-4-6-12(11)7-9-16-15(20)17-13(14(18)19)8-10-21-2/h3-6,13H,7-10H2,1-2H3,(H,18,19)(H2,16,17,20)/t13-/m0/s1. The van der Waals surface area contributed by atoms with Gasteiger partial charge >= 0.3 is 12.0 Å². The molecule has 1 aromatic rings. The fourth-order valence-corrected chi connectivity index (χ4v) is 2.38. The van der Waals surface area contributed by atoms with Gasteiger partial charge in [-0.3, -0.25) is 0 Å². The molecule has 0 bridgehead atoms. The Balaban J connectivity index is 2.36. The van der Waals surface area contributed by atoms with Crippen molar-refractivity contribution in [2.24, 2.45) is 0 Å². The van der Waals surface area contributed by atoms with Crippen molar-refractivity contribution < 1.29 is 14.7 Å². The van der Waals surface area contributed by atoms with E-state index in [1.807, 2.05) is 37.4 Å². The van der Waals surface area contributed by atoms with Gasteiger partial charge in [0.2, 0.25) is 0 Å². The van der Waals surface area contributed by atoms with Crippen LogP contribution >= 0.6 is 11.8 Å². The lowest BCUT2D eigenvalue weighted by molar-refractivity contribution is -0.139. The lowest BCUT2D eigenvalue weighted by Crippen LogP contribution is -2.46. The number of nitrogens with one attached hydrogen (secondary N) is 2. The van der Waals surface area contributed by atoms with Crippen molar-refractivity contribution in [3.63, 3.8) is 0 Å². The molecule has 1 rings (SSSR count). The molecule has 0 aliphatic rings. The highest BCUT2D eigenvalue weighted by atomic mass is 32.2. The summed E-state index contributed by atoms with van der Waals surface area (Å²) in [6, 6.07) is 6.71. The molecule has 0 aromatic heterocycles. The molecule has 0 unspecified atom stereocenters. The third-order valence-corrected chi connectivity index (χ3v) is 3.80. The third kappa shape index (κ3) is 6.53. The van der Waals surface area contributed by atoms with Crippen LogP contribution in [-0.2, 0) is 11.2 Å². The molecule has 21 heavy (non-hydrogen) atoms. The van der Waals surface area contributed by atoms with E-state index in [1.165, 1.54) is 11.1 Å². The van der Waals surface area contributed by atoms with Gasteiger partial charge in [-0.1, -0.05) is 24.3 Å². The summed E-state index contributed by atoms with van der Waals surface area (Å²) >= 11 is 1.56. The molecule has 2 amide bonds. The van der Waals surface area contributed by atoms with Crippen LogP contribution in [0.3, 0.4) is 0 Å². The Labute approximate surface area is 129 Å². The highest BCUT2D eigenvalue weighted by Crippen LogP contribution is 2.06. The van der Waals surface area contributed by atoms with Gasteiger partial charge in [0, 0.05) is 6.54 Å². The monoisotopic (exact) mass is 310 g/mol. The van der Waals surface area contributed by atoms with Gasteiger partial charge < -0.3 is 15.7 Å². The minimum absolute atomic E-state index is 0.418. The highest BCUT2D eigenvalue weighted by Gasteiger charge is 2.18. The molecule has 116 valence electrons. The number of hydrogen-bond acceptors (Lipinski definition) is 3. The quantitative estimate of drug-likeness (QED) is 0.686. The summed E-state index contributed by atoms with van der Waals surface area (Å²) in [6.07, 6.45) is 3.05. The smallest absolute Gasteiger partial charge is 0.326 e. The van der Waals surface area contributed by atoms with E-state index in [0.29, 0.717) is 18.7 Å². The molecule has 0 fully saturated rings. The molecule has 6 heteroatoms. The lowest BCUT2D eigenvalue weighted by atomic mass is 10.1. The Bertz CT molecular complexity index is 480. The molecule has 5 nitrogen and oxygen atoms in total. The number of hydrogen-bond donors (Lipinski definition) is 3. The maximum atomic E-state index is 11.7. The first-order valence-corrected chi connectivity index (χ1v) is 8.24. The number of thioether (sulfide) groups is 1. The molecule has 0 radical (unpaired) electrons. The van der Waals surface area contributed by atoms with E-state index in [0.717, 1.165) is 6.42 Å². The van der Waals surface area contributed by atoms with E-state index in [1.54, 1.807) is 11.8 Å². The molecular weight excluding hydrogens is 288 g/mol. The van der Waals surface area contributed by atoms with Crippen LogP contribution in [0.15, 0.2) is 24.3 Å². The first-order chi connectivity index (χ1) is 10.0. The predicted octanol–water partition coefficient (Wildman–Crippen LogP) is 2.04. The Hall–Kier alpha value is -1.69. The van der Waals surface area contributed by atoms with Crippen molar-refractivity contribution >= 4 is 23.8 Å². The van der Waals surface area contributed by atoms with E-state index in [-0.39, 0.29) is 0 Å². The average molecular weight is 310 g/mol. The number of carboxylic acid groups (broad SMARTS) is 1. The maximum absolute atomic E-state index is 11.7. The van der Waals surface area contributed by atoms with E-state index < -0.39 is 18.0 Å². The number of carboxylic acids is 1. The normalized spacial score (nSPS) is 11.7. The van der Waals surface area contributed by atoms with Gasteiger partial charge in [0.05, 0.1) is 0 Å². The van der Waals surface area contributed by atoms with Gasteiger partial charge in [-0.15, -0.1) is 0 Å². The van der Waals surface area contributed by atoms with Crippen LogP contribution in [0, 0.1) is 6.92 Å². The Morgan fingerprint density at radius 3 is 2.67 bits per heavy atom. The summed E-state index contributed by atoms with van der Waals surface area (Å²) in [5, 5.41) is 14.2. The molecule has 0 spiro atoms. The molecule has 1 atom stereocenters. The average Bonchev–Trinajstić information content (AvgIpc) is 2.45. The van der Waals surface area contributed by atoms with Gasteiger partial charge in [-0.2, -0.15) is 11.8 Å². The van der Waals surface area contributed by atoms with Crippen LogP contribution in [0.25, 0.3) is 0 Å². The molecule has 1 aromatic carbocycles. The van der Waals surface area contributed by atoms with Gasteiger partial charge in [-0.05, 0) is 42.9 Å². The Kier molecular flexibility index (Phi) is 7.68. The molecule has 0 aliphatic heterocycles. The number of amides is 2. The number of aryl methyl sites for hydroxylation is 1. The van der Waals surface area contributed by atoms with Crippen LogP contribution in [0.1, 0.15) is 17.5 Å². The fourth-order valence-electron chi connectivity index (χ4n) is 1.90. The van der Waals surface area contributed by atoms with Crippen LogP contribution in [-0.4, -0.2) is 41.7 Å². The number of urea groups is 1. The summed E-state index contributed by atoms with van der Waals surface area (Å²) in [7, 11) is 0. The van der Waals surface area contributed by atoms with E-state index in [9.17, 15) is 9.59 Å². The van der Waals surface area contributed by atoms with E-state index in [2.05, 4.69) is 10.6 Å². The van der Waals surface area contributed by atoms with Crippen LogP contribution in [0.4, 0.5) is 4.79 Å². The number of carbonyl (C=O) groups excluding carboxylic acids is 1. The molecule has 3 N–H and O–H groups in total. The molecule has 0 saturated carbocycles. The first-order valence-electron chi connectivity index (χ1n) is 6.85. The summed E-state index contributed by atoms with van der Waals surface area (Å²) in [4.78, 5) is 22.7. The number of carbonyl (C=O) groups is 2. The minimum atomic E-state index is -1.00. The summed E-state index contributed by atoms with van der Waals surface area (Å²) < 4.78 is 0. The van der Waals surface area contributed by atoms with Gasteiger partial charge in [0.25, 0.3) is 0 Å². The summed E-state index contributed by atoms with van der Waals surface area (Å²) in [5.74, 6) is -0.307. The molecule has 0 heterocycles. The van der Waals surface area contributed by atoms with Crippen molar-refractivity contribution in [2.75, 3.05) is 18.6 Å². The van der Waals surface area contributed by atoms with Gasteiger partial charge in [0.15, 0.2) is 0 Å². The molecule has 0 saturated heterocycles. The van der Waals surface area contributed by atoms with Crippen LogP contribution in [0.5, 0.6) is 0 Å². The van der Waals surface area contributed by atoms with Crippen LogP contribution < -0.4 is 10.6 Å². The summed E-state index contributed by atoms with van der Waals surface area (Å²) in [6.45, 7) is 2.50. The third-order valence-electron chi connectivity index (χ3n) is 3.16. The predicted molar refractivity (Wildman–Crippen MR) is 85.8 cm³/mol. The second-order valence-electron chi connectivity index (χ2n) is 4.75. The zero-order chi connectivity index (χ0) is 15.7. The lowest BCUT2D eigenvalue weighted by Gasteiger charge is -2.15. The second-order valence-corrected chi connectivity index (χ2v) is 5.73. The van der Waals surface area contributed by atoms with Crippen molar-refractivity contribution in [1.29, 1.82) is 0 Å². The van der Waals surface area contributed by atoms with Crippen molar-refractivity contribution in [2.45, 2.75) is 25.8 Å². The van der Waals surface area contributed by atoms with E-state index in [4.69, 9.17) is 5.11 Å². The Morgan fingerprint density at radius 2 is 2.05 bits per heavy atom. The maximum Gasteiger partial charge on any atom is 0.326 e. The zero-order valence-electron chi connectivity index (χ0n) is 12.4. The van der Waals surface area contributed by atoms with Crippen molar-refractivity contribution in [1.82, 2.24) is 10.6 Å². The van der Waals surface area contributed by atoms with Gasteiger partial charge in [0.1, 0.15) is 6.04 Å². The first kappa shape index (κ1) is 17.4. The SMILES string of the molecule is CSCC[C@H](NC(=O)NCCc1ccccc1C)C(=O)O. The fraction of sp³-hybridized carbons (Fsp3) is 0.467. The number of aliphatic carboxylic acids is 1. The molecular formula is C15H22N2O3S. The van der Waals surface area contributed by atoms with Crippen molar-refractivity contribution in [3.8, 4) is 0 Å². The minimum Gasteiger partial charge on any atom is -0.480 e. The second kappa shape index (κ2) is 9.28. The number of benzene rings is 1. The van der Waals surface area contributed by atoms with Crippen LogP contribution in [0.2, 0.25) is 0 Å². The largest absolute Gasteiger partial charge is 0.480 e. The van der Waals surface area contributed by atoms with Gasteiger partial charge in [-0.25, -0.2) is 9.59 Å². The highest BCUT2D eigenvalue weighted by molar-refractivity contribution is 7.98. The molecule has 0 aliphatic carbocycles.